The summed E-state index contributed by atoms with van der Waals surface area (Å²) in [5.41, 5.74) is 5.08. The number of rotatable bonds is 6. The molecule has 0 fully saturated rings. The average molecular weight is 316 g/mol. The summed E-state index contributed by atoms with van der Waals surface area (Å²) in [6.07, 6.45) is 7.57. The first-order valence-corrected chi connectivity index (χ1v) is 8.49. The molecule has 122 valence electrons. The van der Waals surface area contributed by atoms with E-state index in [1.807, 2.05) is 12.3 Å². The molecule has 0 spiro atoms. The van der Waals surface area contributed by atoms with Gasteiger partial charge >= 0.3 is 0 Å². The lowest BCUT2D eigenvalue weighted by molar-refractivity contribution is 0.735. The van der Waals surface area contributed by atoms with E-state index in [1.165, 1.54) is 27.6 Å². The Morgan fingerprint density at radius 2 is 1.75 bits per heavy atom. The van der Waals surface area contributed by atoms with E-state index in [9.17, 15) is 0 Å². The van der Waals surface area contributed by atoms with Gasteiger partial charge in [-0.3, -0.25) is 4.99 Å². The molecule has 0 unspecified atom stereocenters. The Bertz CT molecular complexity index is 850. The second-order valence-corrected chi connectivity index (χ2v) is 6.32. The summed E-state index contributed by atoms with van der Waals surface area (Å²) in [7, 11) is 0. The first-order valence-electron chi connectivity index (χ1n) is 8.49. The van der Waals surface area contributed by atoms with Crippen molar-refractivity contribution in [3.8, 4) is 0 Å². The molecule has 2 heteroatoms. The first kappa shape index (κ1) is 16.3. The monoisotopic (exact) mass is 316 g/mol. The maximum Gasteiger partial charge on any atom is 0.0639 e. The molecule has 2 aromatic carbocycles. The van der Waals surface area contributed by atoms with Crippen LogP contribution in [0, 0.1) is 0 Å². The SMILES string of the molecule is CC(C)=CCCn1cc(C=NCc2ccccc2)c2ccccc21. The van der Waals surface area contributed by atoms with E-state index in [-0.39, 0.29) is 0 Å². The maximum absolute atomic E-state index is 4.63. The van der Waals surface area contributed by atoms with Crippen molar-refractivity contribution in [3.63, 3.8) is 0 Å². The molecule has 1 heterocycles. The van der Waals surface area contributed by atoms with Crippen molar-refractivity contribution in [2.24, 2.45) is 4.99 Å². The summed E-state index contributed by atoms with van der Waals surface area (Å²) in [4.78, 5) is 4.63. The van der Waals surface area contributed by atoms with Gasteiger partial charge in [-0.1, -0.05) is 60.2 Å². The van der Waals surface area contributed by atoms with Gasteiger partial charge in [-0.25, -0.2) is 0 Å². The van der Waals surface area contributed by atoms with E-state index in [1.54, 1.807) is 0 Å². The fourth-order valence-electron chi connectivity index (χ4n) is 2.89. The van der Waals surface area contributed by atoms with Gasteiger partial charge in [0, 0.05) is 35.4 Å². The Morgan fingerprint density at radius 1 is 1.00 bits per heavy atom. The zero-order valence-electron chi connectivity index (χ0n) is 14.4. The quantitative estimate of drug-likeness (QED) is 0.415. The van der Waals surface area contributed by atoms with Crippen LogP contribution in [-0.2, 0) is 13.1 Å². The summed E-state index contributed by atoms with van der Waals surface area (Å²) < 4.78 is 2.33. The van der Waals surface area contributed by atoms with E-state index < -0.39 is 0 Å². The van der Waals surface area contributed by atoms with E-state index in [0.29, 0.717) is 0 Å². The highest BCUT2D eigenvalue weighted by Gasteiger charge is 2.05. The Morgan fingerprint density at radius 3 is 2.54 bits per heavy atom. The fourth-order valence-corrected chi connectivity index (χ4v) is 2.89. The normalized spacial score (nSPS) is 11.2. The van der Waals surface area contributed by atoms with E-state index in [0.717, 1.165) is 19.5 Å². The molecule has 24 heavy (non-hydrogen) atoms. The number of para-hydroxylation sites is 1. The van der Waals surface area contributed by atoms with Crippen molar-refractivity contribution < 1.29 is 0 Å². The molecule has 0 aliphatic heterocycles. The van der Waals surface area contributed by atoms with Gasteiger partial charge in [0.05, 0.1) is 6.54 Å². The Kier molecular flexibility index (Phi) is 5.27. The Labute approximate surface area is 144 Å². The van der Waals surface area contributed by atoms with Crippen LogP contribution in [0.1, 0.15) is 31.4 Å². The number of aliphatic imine (C=N–C) groups is 1. The molecule has 0 saturated carbocycles. The number of hydrogen-bond donors (Lipinski definition) is 0. The van der Waals surface area contributed by atoms with Gasteiger partial charge in [0.1, 0.15) is 0 Å². The second kappa shape index (κ2) is 7.78. The summed E-state index contributed by atoms with van der Waals surface area (Å²) in [6, 6.07) is 18.9. The lowest BCUT2D eigenvalue weighted by Gasteiger charge is -2.02. The summed E-state index contributed by atoms with van der Waals surface area (Å²) >= 11 is 0. The molecule has 0 amide bonds. The van der Waals surface area contributed by atoms with Crippen LogP contribution in [0.2, 0.25) is 0 Å². The smallest absolute Gasteiger partial charge is 0.0639 e. The van der Waals surface area contributed by atoms with Gasteiger partial charge in [-0.15, -0.1) is 0 Å². The minimum absolute atomic E-state index is 0.720. The van der Waals surface area contributed by atoms with Crippen molar-refractivity contribution in [1.82, 2.24) is 4.57 Å². The van der Waals surface area contributed by atoms with Crippen LogP contribution in [-0.4, -0.2) is 10.8 Å². The van der Waals surface area contributed by atoms with Crippen LogP contribution < -0.4 is 0 Å². The minimum atomic E-state index is 0.720. The number of aryl methyl sites for hydroxylation is 1. The maximum atomic E-state index is 4.63. The molecular weight excluding hydrogens is 292 g/mol. The summed E-state index contributed by atoms with van der Waals surface area (Å²) in [5.74, 6) is 0. The van der Waals surface area contributed by atoms with Gasteiger partial charge in [0.15, 0.2) is 0 Å². The number of allylic oxidation sites excluding steroid dienone is 2. The largest absolute Gasteiger partial charge is 0.346 e. The van der Waals surface area contributed by atoms with Gasteiger partial charge in [-0.2, -0.15) is 0 Å². The third-order valence-corrected chi connectivity index (χ3v) is 4.09. The predicted octanol–water partition coefficient (Wildman–Crippen LogP) is 5.62. The predicted molar refractivity (Wildman–Crippen MR) is 104 cm³/mol. The van der Waals surface area contributed by atoms with E-state index >= 15 is 0 Å². The lowest BCUT2D eigenvalue weighted by atomic mass is 10.2. The number of nitrogens with zero attached hydrogens (tertiary/aromatic N) is 2. The van der Waals surface area contributed by atoms with Crippen LogP contribution in [0.5, 0.6) is 0 Å². The fraction of sp³-hybridized carbons (Fsp3) is 0.227. The van der Waals surface area contributed by atoms with Gasteiger partial charge in [0.25, 0.3) is 0 Å². The van der Waals surface area contributed by atoms with Crippen LogP contribution >= 0.6 is 0 Å². The highest BCUT2D eigenvalue weighted by Crippen LogP contribution is 2.20. The first-order chi connectivity index (χ1) is 11.7. The average Bonchev–Trinajstić information content (AvgIpc) is 2.94. The summed E-state index contributed by atoms with van der Waals surface area (Å²) in [6.45, 7) is 6.02. The zero-order chi connectivity index (χ0) is 16.8. The molecule has 0 bridgehead atoms. The van der Waals surface area contributed by atoms with E-state index in [4.69, 9.17) is 0 Å². The second-order valence-electron chi connectivity index (χ2n) is 6.32. The Balaban J connectivity index is 1.81. The molecular formula is C22H24N2. The number of aromatic nitrogens is 1. The molecule has 0 radical (unpaired) electrons. The van der Waals surface area contributed by atoms with Crippen molar-refractivity contribution in [2.45, 2.75) is 33.4 Å². The molecule has 0 saturated heterocycles. The van der Waals surface area contributed by atoms with E-state index in [2.05, 4.69) is 84.2 Å². The topological polar surface area (TPSA) is 17.3 Å². The third kappa shape index (κ3) is 4.02. The van der Waals surface area contributed by atoms with Gasteiger partial charge in [-0.05, 0) is 31.9 Å². The molecule has 3 rings (SSSR count). The van der Waals surface area contributed by atoms with Crippen LogP contribution in [0.15, 0.2) is 77.4 Å². The van der Waals surface area contributed by atoms with Crippen LogP contribution in [0.25, 0.3) is 10.9 Å². The molecule has 0 aliphatic rings. The van der Waals surface area contributed by atoms with Crippen LogP contribution in [0.4, 0.5) is 0 Å². The zero-order valence-corrected chi connectivity index (χ0v) is 14.4. The van der Waals surface area contributed by atoms with Crippen LogP contribution in [0.3, 0.4) is 0 Å². The highest BCUT2D eigenvalue weighted by atomic mass is 15.0. The molecule has 0 aliphatic carbocycles. The van der Waals surface area contributed by atoms with Crippen molar-refractivity contribution >= 4 is 17.1 Å². The molecule has 1 aromatic heterocycles. The van der Waals surface area contributed by atoms with Crippen molar-refractivity contribution in [1.29, 1.82) is 0 Å². The minimum Gasteiger partial charge on any atom is -0.346 e. The molecule has 0 atom stereocenters. The number of fused-ring (bicyclic) bond motifs is 1. The Hall–Kier alpha value is -2.61. The summed E-state index contributed by atoms with van der Waals surface area (Å²) in [5, 5.41) is 1.27. The highest BCUT2D eigenvalue weighted by molar-refractivity contribution is 5.99. The molecule has 3 aromatic rings. The molecule has 0 N–H and O–H groups in total. The molecule has 2 nitrogen and oxygen atoms in total. The number of hydrogen-bond acceptors (Lipinski definition) is 1. The van der Waals surface area contributed by atoms with Crippen molar-refractivity contribution in [3.05, 3.63) is 83.6 Å². The lowest BCUT2D eigenvalue weighted by Crippen LogP contribution is -1.94. The standard InChI is InChI=1S/C22H24N2/c1-18(2)9-8-14-24-17-20(21-12-6-7-13-22(21)24)16-23-15-19-10-4-3-5-11-19/h3-7,9-13,16-17H,8,14-15H2,1-2H3. The van der Waals surface area contributed by atoms with Gasteiger partial charge in [0.2, 0.25) is 0 Å². The van der Waals surface area contributed by atoms with Gasteiger partial charge < -0.3 is 4.57 Å². The third-order valence-electron chi connectivity index (χ3n) is 4.09. The number of benzene rings is 2. The van der Waals surface area contributed by atoms with Crippen molar-refractivity contribution in [2.75, 3.05) is 0 Å².